The number of hydrogen-bond donors (Lipinski definition) is 4. The number of carbonyl (C=O) groups is 2. The largest absolute Gasteiger partial charge is 0.507 e. The van der Waals surface area contributed by atoms with E-state index in [-0.39, 0.29) is 60.8 Å². The van der Waals surface area contributed by atoms with E-state index in [1.54, 1.807) is 18.3 Å². The number of ketones is 1. The zero-order valence-electron chi connectivity index (χ0n) is 32.4. The zero-order chi connectivity index (χ0) is 39.0. The van der Waals surface area contributed by atoms with Gasteiger partial charge in [0.15, 0.2) is 0 Å². The fraction of sp³-hybridized carbons (Fsp3) is 0.261. The molecule has 1 aliphatic rings. The normalized spacial score (nSPS) is 14.2. The molecule has 278 valence electrons. The van der Waals surface area contributed by atoms with Crippen LogP contribution in [0.25, 0.3) is 32.7 Å². The van der Waals surface area contributed by atoms with Crippen LogP contribution in [0.2, 0.25) is 0 Å². The van der Waals surface area contributed by atoms with Crippen molar-refractivity contribution in [3.63, 3.8) is 0 Å². The maximum Gasteiger partial charge on any atom is 0.339 e. The monoisotopic (exact) mass is 821 g/mol. The molecule has 0 radical (unpaired) electrons. The van der Waals surface area contributed by atoms with Gasteiger partial charge in [-0.25, -0.2) is 4.79 Å². The minimum Gasteiger partial charge on any atom is -0.507 e. The van der Waals surface area contributed by atoms with Crippen LogP contribution in [0.15, 0.2) is 119 Å². The molecule has 0 bridgehead atoms. The second-order valence-corrected chi connectivity index (χ2v) is 17.4. The van der Waals surface area contributed by atoms with Crippen LogP contribution in [-0.2, 0) is 37.3 Å². The Labute approximate surface area is 341 Å². The Kier molecular flexibility index (Phi) is 12.6. The summed E-state index contributed by atoms with van der Waals surface area (Å²) < 4.78 is 0.545. The molecule has 0 unspecified atom stereocenters. The summed E-state index contributed by atoms with van der Waals surface area (Å²) in [5.74, 6) is -1.07. The van der Waals surface area contributed by atoms with E-state index >= 15 is 0 Å². The van der Waals surface area contributed by atoms with Gasteiger partial charge in [0, 0.05) is 55.9 Å². The molecule has 0 aromatic heterocycles. The van der Waals surface area contributed by atoms with E-state index in [9.17, 15) is 24.9 Å². The van der Waals surface area contributed by atoms with E-state index < -0.39 is 5.97 Å². The zero-order valence-corrected chi connectivity index (χ0v) is 35.5. The molecule has 5 aromatic carbocycles. The number of anilines is 1. The molecular weight excluding hydrogens is 774 g/mol. The van der Waals surface area contributed by atoms with Gasteiger partial charge in [0.25, 0.3) is 0 Å². The first-order valence-corrected chi connectivity index (χ1v) is 18.4. The first-order chi connectivity index (χ1) is 24.7. The third kappa shape index (κ3) is 9.09. The first-order valence-electron chi connectivity index (χ1n) is 17.6. The summed E-state index contributed by atoms with van der Waals surface area (Å²) in [7, 11) is 0. The molecule has 0 fully saturated rings. The molecule has 0 saturated carbocycles. The van der Waals surface area contributed by atoms with Gasteiger partial charge in [0.1, 0.15) is 17.1 Å². The Morgan fingerprint density at radius 2 is 1.26 bits per heavy atom. The van der Waals surface area contributed by atoms with Gasteiger partial charge in [-0.3, -0.25) is 4.79 Å². The summed E-state index contributed by atoms with van der Waals surface area (Å²) in [4.78, 5) is 24.1. The molecule has 6 rings (SSSR count). The van der Waals surface area contributed by atoms with Gasteiger partial charge in [-0.1, -0.05) is 129 Å². The number of carboxylic acids is 1. The SMILES string of the molecule is CC(C)(C)C1=C/C(=C/Nc2ccc3ccccc3c2-c2c(O)ccc3ccccc23)C(=O)C(Br)=C1.CC(C)(C)c1cc(C(=O)O)c(O)c(C(C)(C)C)c1.[Ti]. The molecule has 0 spiro atoms. The summed E-state index contributed by atoms with van der Waals surface area (Å²) in [6, 6.07) is 27.4. The van der Waals surface area contributed by atoms with E-state index in [4.69, 9.17) is 0 Å². The molecule has 1 aliphatic carbocycles. The van der Waals surface area contributed by atoms with Crippen LogP contribution < -0.4 is 5.32 Å². The molecule has 0 aliphatic heterocycles. The molecule has 0 saturated heterocycles. The van der Waals surface area contributed by atoms with Gasteiger partial charge in [-0.05, 0) is 95.2 Å². The smallest absolute Gasteiger partial charge is 0.339 e. The summed E-state index contributed by atoms with van der Waals surface area (Å²) in [6.07, 6.45) is 5.60. The van der Waals surface area contributed by atoms with E-state index in [2.05, 4.69) is 60.2 Å². The fourth-order valence-corrected chi connectivity index (χ4v) is 6.77. The van der Waals surface area contributed by atoms with Crippen LogP contribution in [0, 0.1) is 5.41 Å². The molecule has 0 heterocycles. The van der Waals surface area contributed by atoms with Crippen LogP contribution in [0.3, 0.4) is 0 Å². The predicted octanol–water partition coefficient (Wildman–Crippen LogP) is 12.2. The minimum atomic E-state index is -1.09. The second kappa shape index (κ2) is 16.1. The van der Waals surface area contributed by atoms with Gasteiger partial charge < -0.3 is 20.6 Å². The van der Waals surface area contributed by atoms with E-state index in [0.29, 0.717) is 15.6 Å². The van der Waals surface area contributed by atoms with Crippen molar-refractivity contribution in [3.8, 4) is 22.6 Å². The Morgan fingerprint density at radius 3 is 1.80 bits per heavy atom. The van der Waals surface area contributed by atoms with Gasteiger partial charge in [-0.15, -0.1) is 0 Å². The van der Waals surface area contributed by atoms with Crippen LogP contribution in [0.1, 0.15) is 83.8 Å². The number of phenols is 2. The third-order valence-electron chi connectivity index (χ3n) is 9.42. The number of Topliss-reactive ketones (excluding diaryl/α,β-unsaturated/α-hetero) is 1. The number of allylic oxidation sites excluding steroid dienone is 5. The predicted molar refractivity (Wildman–Crippen MR) is 222 cm³/mol. The quantitative estimate of drug-likeness (QED) is 0.106. The number of aromatic hydroxyl groups is 2. The van der Waals surface area contributed by atoms with Crippen molar-refractivity contribution in [1.29, 1.82) is 0 Å². The van der Waals surface area contributed by atoms with E-state index in [0.717, 1.165) is 49.5 Å². The number of phenolic OH excluding ortho intramolecular Hbond substituents is 1. The van der Waals surface area contributed by atoms with E-state index in [1.807, 2.05) is 108 Å². The molecule has 0 atom stereocenters. The van der Waals surface area contributed by atoms with Gasteiger partial charge in [-0.2, -0.15) is 0 Å². The van der Waals surface area contributed by atoms with Crippen LogP contribution >= 0.6 is 15.9 Å². The molecule has 4 N–H and O–H groups in total. The van der Waals surface area contributed by atoms with Crippen molar-refractivity contribution < 1.29 is 46.6 Å². The fourth-order valence-electron chi connectivity index (χ4n) is 6.30. The number of hydrogen-bond acceptors (Lipinski definition) is 5. The standard InChI is InChI=1S/C31H26BrNO2.C15H22O3.Ti/c1-31(2,3)22-16-21(30(35)25(32)17-22)18-33-26-14-12-19-8-4-6-10-23(19)28(26)29-24-11-7-5-9-20(24)13-15-27(29)34;1-14(2,3)9-7-10(13(17)18)12(16)11(8-9)15(4,5)6;/h4-18,33-34H,1-3H3;7-8,16H,1-6H3,(H,17,18);/b21-18-;;. The number of carboxylic acid groups (broad SMARTS) is 1. The molecule has 0 amide bonds. The number of fused-ring (bicyclic) bond motifs is 2. The number of carbonyl (C=O) groups excluding carboxylic acids is 1. The van der Waals surface area contributed by atoms with Crippen LogP contribution in [0.5, 0.6) is 11.5 Å². The summed E-state index contributed by atoms with van der Waals surface area (Å²) >= 11 is 3.44. The first kappa shape index (κ1) is 42.3. The number of aromatic carboxylic acids is 1. The summed E-state index contributed by atoms with van der Waals surface area (Å²) in [6.45, 7) is 18.3. The molecule has 8 heteroatoms. The molecule has 5 aromatic rings. The molecule has 6 nitrogen and oxygen atoms in total. The Balaban J connectivity index is 0.000000291. The van der Waals surface area contributed by atoms with Crippen molar-refractivity contribution >= 4 is 54.9 Å². The average molecular weight is 823 g/mol. The van der Waals surface area contributed by atoms with Crippen molar-refractivity contribution in [3.05, 3.63) is 136 Å². The Morgan fingerprint density at radius 1 is 0.704 bits per heavy atom. The van der Waals surface area contributed by atoms with Gasteiger partial charge in [0.05, 0.1) is 4.48 Å². The van der Waals surface area contributed by atoms with E-state index in [1.165, 1.54) is 0 Å². The Bertz CT molecular complexity index is 2350. The maximum absolute atomic E-state index is 12.9. The van der Waals surface area contributed by atoms with Crippen molar-refractivity contribution in [1.82, 2.24) is 0 Å². The Hall–Kier alpha value is -4.43. The minimum absolute atomic E-state index is 0. The van der Waals surface area contributed by atoms with Crippen molar-refractivity contribution in [2.45, 2.75) is 73.1 Å². The van der Waals surface area contributed by atoms with Gasteiger partial charge >= 0.3 is 5.97 Å². The topological polar surface area (TPSA) is 107 Å². The summed E-state index contributed by atoms with van der Waals surface area (Å²) in [5, 5.41) is 37.8. The van der Waals surface area contributed by atoms with Gasteiger partial charge in [0.2, 0.25) is 5.78 Å². The average Bonchev–Trinajstić information content (AvgIpc) is 3.07. The number of benzene rings is 5. The third-order valence-corrected chi connectivity index (χ3v) is 10.0. The molecular formula is C46H48BrNO5Ti. The number of nitrogens with one attached hydrogen (secondary N) is 1. The number of halogens is 1. The summed E-state index contributed by atoms with van der Waals surface area (Å²) in [5.41, 5.74) is 5.15. The van der Waals surface area contributed by atoms with Crippen molar-refractivity contribution in [2.24, 2.45) is 5.41 Å². The maximum atomic E-state index is 12.9. The second-order valence-electron chi connectivity index (χ2n) is 16.5. The number of rotatable bonds is 4. The van der Waals surface area contributed by atoms with Crippen LogP contribution in [0.4, 0.5) is 5.69 Å². The van der Waals surface area contributed by atoms with Crippen molar-refractivity contribution in [2.75, 3.05) is 5.32 Å². The molecule has 54 heavy (non-hydrogen) atoms. The van der Waals surface area contributed by atoms with Crippen LogP contribution in [-0.4, -0.2) is 27.1 Å².